The molecule has 1 saturated carbocycles. The third-order valence-corrected chi connectivity index (χ3v) is 3.93. The summed E-state index contributed by atoms with van der Waals surface area (Å²) < 4.78 is 0. The van der Waals surface area contributed by atoms with E-state index in [1.807, 2.05) is 0 Å². The molecule has 1 aliphatic carbocycles. The van der Waals surface area contributed by atoms with E-state index in [1.54, 1.807) is 13.8 Å². The number of imide groups is 1. The van der Waals surface area contributed by atoms with Crippen molar-refractivity contribution in [2.45, 2.75) is 32.7 Å². The van der Waals surface area contributed by atoms with Gasteiger partial charge in [0.05, 0.1) is 11.8 Å². The van der Waals surface area contributed by atoms with Gasteiger partial charge in [-0.2, -0.15) is 0 Å². The van der Waals surface area contributed by atoms with Gasteiger partial charge in [0, 0.05) is 6.42 Å². The van der Waals surface area contributed by atoms with Crippen LogP contribution in [0.4, 0.5) is 0 Å². The SMILES string of the molecule is CC1(C)C(C(=O)O)C1C(=O)NC1CCC(=O)NC1=O. The molecule has 2 aliphatic rings. The third-order valence-electron chi connectivity index (χ3n) is 3.93. The quantitative estimate of drug-likeness (QED) is 0.584. The van der Waals surface area contributed by atoms with E-state index >= 15 is 0 Å². The summed E-state index contributed by atoms with van der Waals surface area (Å²) in [5.41, 5.74) is -0.600. The molecule has 104 valence electrons. The summed E-state index contributed by atoms with van der Waals surface area (Å²) in [7, 11) is 0. The third kappa shape index (κ3) is 2.32. The summed E-state index contributed by atoms with van der Waals surface area (Å²) in [6.07, 6.45) is 0.425. The highest BCUT2D eigenvalue weighted by atomic mass is 16.4. The number of carboxylic acids is 1. The zero-order valence-electron chi connectivity index (χ0n) is 10.7. The number of nitrogens with one attached hydrogen (secondary N) is 2. The molecule has 3 atom stereocenters. The average Bonchev–Trinajstić information content (AvgIpc) is 2.86. The number of rotatable bonds is 3. The molecule has 1 saturated heterocycles. The van der Waals surface area contributed by atoms with Gasteiger partial charge in [0.1, 0.15) is 6.04 Å². The summed E-state index contributed by atoms with van der Waals surface area (Å²) >= 11 is 0. The molecule has 0 aromatic heterocycles. The minimum absolute atomic E-state index is 0.174. The molecule has 0 bridgehead atoms. The second kappa shape index (κ2) is 4.32. The lowest BCUT2D eigenvalue weighted by Gasteiger charge is -2.22. The molecule has 0 aromatic carbocycles. The van der Waals surface area contributed by atoms with Crippen molar-refractivity contribution in [2.24, 2.45) is 17.3 Å². The van der Waals surface area contributed by atoms with Gasteiger partial charge in [-0.1, -0.05) is 13.8 Å². The normalized spacial score (nSPS) is 32.4. The predicted molar refractivity (Wildman–Crippen MR) is 62.7 cm³/mol. The first-order valence-corrected chi connectivity index (χ1v) is 6.12. The van der Waals surface area contributed by atoms with Gasteiger partial charge in [-0.25, -0.2) is 0 Å². The number of carbonyl (C=O) groups is 4. The van der Waals surface area contributed by atoms with Crippen LogP contribution >= 0.6 is 0 Å². The Balaban J connectivity index is 1.98. The minimum Gasteiger partial charge on any atom is -0.481 e. The summed E-state index contributed by atoms with van der Waals surface area (Å²) in [6.45, 7) is 3.42. The van der Waals surface area contributed by atoms with E-state index in [4.69, 9.17) is 5.11 Å². The van der Waals surface area contributed by atoms with E-state index in [2.05, 4.69) is 10.6 Å². The lowest BCUT2D eigenvalue weighted by molar-refractivity contribution is -0.140. The number of carboxylic acid groups (broad SMARTS) is 1. The molecule has 0 spiro atoms. The fourth-order valence-corrected chi connectivity index (χ4v) is 2.68. The standard InChI is InChI=1S/C12H16N2O5/c1-12(2)7(8(12)11(18)19)10(17)13-5-3-4-6(15)14-9(5)16/h5,7-8H,3-4H2,1-2H3,(H,13,17)(H,18,19)(H,14,15,16). The number of piperidine rings is 1. The van der Waals surface area contributed by atoms with E-state index in [-0.39, 0.29) is 18.7 Å². The molecule has 2 rings (SSSR count). The van der Waals surface area contributed by atoms with Crippen LogP contribution in [0, 0.1) is 17.3 Å². The van der Waals surface area contributed by atoms with Crippen LogP contribution in [0.15, 0.2) is 0 Å². The van der Waals surface area contributed by atoms with Gasteiger partial charge in [-0.05, 0) is 11.8 Å². The Kier molecular flexibility index (Phi) is 3.07. The lowest BCUT2D eigenvalue weighted by Crippen LogP contribution is -2.52. The molecule has 2 fully saturated rings. The van der Waals surface area contributed by atoms with Crippen LogP contribution in [-0.4, -0.2) is 34.8 Å². The average molecular weight is 268 g/mol. The van der Waals surface area contributed by atoms with Crippen LogP contribution in [0.25, 0.3) is 0 Å². The first kappa shape index (κ1) is 13.5. The summed E-state index contributed by atoms with van der Waals surface area (Å²) in [6, 6.07) is -0.754. The molecule has 3 N–H and O–H groups in total. The molecule has 0 aromatic rings. The first-order valence-electron chi connectivity index (χ1n) is 6.12. The van der Waals surface area contributed by atoms with Gasteiger partial charge >= 0.3 is 5.97 Å². The van der Waals surface area contributed by atoms with Gasteiger partial charge in [0.15, 0.2) is 0 Å². The van der Waals surface area contributed by atoms with Crippen molar-refractivity contribution in [2.75, 3.05) is 0 Å². The lowest BCUT2D eigenvalue weighted by atomic mass is 10.0. The van der Waals surface area contributed by atoms with E-state index in [0.29, 0.717) is 0 Å². The zero-order valence-corrected chi connectivity index (χ0v) is 10.7. The molecule has 1 aliphatic heterocycles. The molecule has 19 heavy (non-hydrogen) atoms. The molecule has 1 heterocycles. The van der Waals surface area contributed by atoms with Crippen LogP contribution in [0.2, 0.25) is 0 Å². The highest BCUT2D eigenvalue weighted by Gasteiger charge is 2.66. The van der Waals surface area contributed by atoms with Crippen molar-refractivity contribution in [3.8, 4) is 0 Å². The Morgan fingerprint density at radius 3 is 2.42 bits per heavy atom. The molecule has 7 heteroatoms. The number of aliphatic carboxylic acids is 1. The van der Waals surface area contributed by atoms with Crippen molar-refractivity contribution >= 4 is 23.7 Å². The first-order chi connectivity index (χ1) is 8.75. The molecule has 7 nitrogen and oxygen atoms in total. The van der Waals surface area contributed by atoms with Crippen LogP contribution in [0.5, 0.6) is 0 Å². The summed E-state index contributed by atoms with van der Waals surface area (Å²) in [5, 5.41) is 13.7. The number of hydrogen-bond donors (Lipinski definition) is 3. The van der Waals surface area contributed by atoms with Crippen molar-refractivity contribution in [1.29, 1.82) is 0 Å². The topological polar surface area (TPSA) is 113 Å². The van der Waals surface area contributed by atoms with Crippen molar-refractivity contribution in [3.05, 3.63) is 0 Å². The Bertz CT molecular complexity index is 471. The van der Waals surface area contributed by atoms with Gasteiger partial charge in [0.25, 0.3) is 0 Å². The monoisotopic (exact) mass is 268 g/mol. The molecular formula is C12H16N2O5. The van der Waals surface area contributed by atoms with Crippen molar-refractivity contribution in [1.82, 2.24) is 10.6 Å². The van der Waals surface area contributed by atoms with Gasteiger partial charge in [0.2, 0.25) is 17.7 Å². The highest BCUT2D eigenvalue weighted by Crippen LogP contribution is 2.58. The Hall–Kier alpha value is -1.92. The predicted octanol–water partition coefficient (Wildman–Crippen LogP) is -0.735. The zero-order chi connectivity index (χ0) is 14.4. The number of carbonyl (C=O) groups excluding carboxylic acids is 3. The fraction of sp³-hybridized carbons (Fsp3) is 0.667. The molecular weight excluding hydrogens is 252 g/mol. The van der Waals surface area contributed by atoms with E-state index in [0.717, 1.165) is 0 Å². The number of hydrogen-bond acceptors (Lipinski definition) is 4. The summed E-state index contributed by atoms with van der Waals surface area (Å²) in [5.74, 6) is -3.68. The smallest absolute Gasteiger partial charge is 0.307 e. The van der Waals surface area contributed by atoms with Crippen LogP contribution in [-0.2, 0) is 19.2 Å². The molecule has 3 amide bonds. The Morgan fingerprint density at radius 2 is 1.95 bits per heavy atom. The molecule has 3 unspecified atom stereocenters. The van der Waals surface area contributed by atoms with Crippen LogP contribution < -0.4 is 10.6 Å². The maximum Gasteiger partial charge on any atom is 0.307 e. The highest BCUT2D eigenvalue weighted by molar-refractivity contribution is 6.02. The van der Waals surface area contributed by atoms with Gasteiger partial charge < -0.3 is 10.4 Å². The fourth-order valence-electron chi connectivity index (χ4n) is 2.68. The van der Waals surface area contributed by atoms with Gasteiger partial charge in [-0.3, -0.25) is 24.5 Å². The minimum atomic E-state index is -1.01. The molecule has 0 radical (unpaired) electrons. The van der Waals surface area contributed by atoms with Crippen molar-refractivity contribution < 1.29 is 24.3 Å². The van der Waals surface area contributed by atoms with E-state index in [9.17, 15) is 19.2 Å². The summed E-state index contributed by atoms with van der Waals surface area (Å²) in [4.78, 5) is 45.4. The van der Waals surface area contributed by atoms with E-state index < -0.39 is 41.1 Å². The number of amides is 3. The Labute approximate surface area is 109 Å². The maximum absolute atomic E-state index is 12.0. The second-order valence-corrected chi connectivity index (χ2v) is 5.63. The van der Waals surface area contributed by atoms with Crippen molar-refractivity contribution in [3.63, 3.8) is 0 Å². The second-order valence-electron chi connectivity index (χ2n) is 5.63. The van der Waals surface area contributed by atoms with E-state index in [1.165, 1.54) is 0 Å². The van der Waals surface area contributed by atoms with Crippen LogP contribution in [0.3, 0.4) is 0 Å². The Morgan fingerprint density at radius 1 is 1.32 bits per heavy atom. The largest absolute Gasteiger partial charge is 0.481 e. The van der Waals surface area contributed by atoms with Gasteiger partial charge in [-0.15, -0.1) is 0 Å². The van der Waals surface area contributed by atoms with Crippen LogP contribution in [0.1, 0.15) is 26.7 Å². The maximum atomic E-state index is 12.0.